The standard InChI is InChI=1S/C14H18N2O6S2/c1-8-4-12(16)14(24(20,21)22)7-10(8)5-9-2-3-11(15)13(6-9)23(17,18)19/h2-3,6-8,14,16H,4-5,15H2,1H3,(H,17,18,19)(H,20,21,22). The van der Waals surface area contributed by atoms with Gasteiger partial charge in [-0.15, -0.1) is 0 Å². The molecule has 0 bridgehead atoms. The molecule has 1 aliphatic rings. The second-order valence-electron chi connectivity index (χ2n) is 5.83. The highest BCUT2D eigenvalue weighted by Crippen LogP contribution is 2.29. The first-order valence-electron chi connectivity index (χ1n) is 6.99. The summed E-state index contributed by atoms with van der Waals surface area (Å²) in [4.78, 5) is -0.414. The average molecular weight is 374 g/mol. The number of nitrogen functional groups attached to an aromatic ring is 1. The van der Waals surface area contributed by atoms with Crippen molar-refractivity contribution in [3.05, 3.63) is 35.4 Å². The molecule has 2 rings (SSSR count). The van der Waals surface area contributed by atoms with Crippen LogP contribution in [0.5, 0.6) is 0 Å². The van der Waals surface area contributed by atoms with Crippen LogP contribution in [0.25, 0.3) is 0 Å². The Labute approximate surface area is 140 Å². The van der Waals surface area contributed by atoms with E-state index in [9.17, 15) is 25.9 Å². The van der Waals surface area contributed by atoms with E-state index in [0.717, 1.165) is 0 Å². The van der Waals surface area contributed by atoms with Crippen molar-refractivity contribution in [3.63, 3.8) is 0 Å². The van der Waals surface area contributed by atoms with Crippen molar-refractivity contribution in [3.8, 4) is 0 Å². The minimum absolute atomic E-state index is 0.0929. The van der Waals surface area contributed by atoms with Crippen molar-refractivity contribution in [1.82, 2.24) is 0 Å². The summed E-state index contributed by atoms with van der Waals surface area (Å²) < 4.78 is 63.8. The number of hydrogen-bond acceptors (Lipinski definition) is 6. The van der Waals surface area contributed by atoms with Crippen LogP contribution in [-0.4, -0.2) is 36.9 Å². The summed E-state index contributed by atoms with van der Waals surface area (Å²) in [5, 5.41) is 6.34. The summed E-state index contributed by atoms with van der Waals surface area (Å²) in [7, 11) is -8.89. The van der Waals surface area contributed by atoms with Crippen molar-refractivity contribution in [2.45, 2.75) is 29.9 Å². The van der Waals surface area contributed by atoms with Gasteiger partial charge in [0, 0.05) is 5.71 Å². The van der Waals surface area contributed by atoms with Crippen molar-refractivity contribution < 1.29 is 25.9 Å². The lowest BCUT2D eigenvalue weighted by atomic mass is 9.84. The molecule has 10 heteroatoms. The fourth-order valence-electron chi connectivity index (χ4n) is 2.68. The maximum Gasteiger partial charge on any atom is 0.296 e. The predicted octanol–water partition coefficient (Wildman–Crippen LogP) is 1.30. The molecule has 0 radical (unpaired) electrons. The fraction of sp³-hybridized carbons (Fsp3) is 0.357. The van der Waals surface area contributed by atoms with Crippen LogP contribution < -0.4 is 5.73 Å². The zero-order valence-electron chi connectivity index (χ0n) is 12.8. The molecule has 5 N–H and O–H groups in total. The Kier molecular flexibility index (Phi) is 4.86. The van der Waals surface area contributed by atoms with Gasteiger partial charge < -0.3 is 11.1 Å². The molecule has 8 nitrogen and oxygen atoms in total. The quantitative estimate of drug-likeness (QED) is 0.351. The van der Waals surface area contributed by atoms with E-state index in [2.05, 4.69) is 0 Å². The molecule has 0 spiro atoms. The second kappa shape index (κ2) is 6.28. The van der Waals surface area contributed by atoms with Crippen LogP contribution in [0.2, 0.25) is 0 Å². The van der Waals surface area contributed by atoms with E-state index in [1.165, 1.54) is 18.2 Å². The van der Waals surface area contributed by atoms with Crippen molar-refractivity contribution >= 4 is 31.6 Å². The Hall–Kier alpha value is -1.75. The predicted molar refractivity (Wildman–Crippen MR) is 89.3 cm³/mol. The van der Waals surface area contributed by atoms with E-state index >= 15 is 0 Å². The number of nitrogens with two attached hydrogens (primary N) is 1. The smallest absolute Gasteiger partial charge is 0.296 e. The first kappa shape index (κ1) is 18.6. The highest BCUT2D eigenvalue weighted by Gasteiger charge is 2.32. The molecule has 1 aliphatic carbocycles. The van der Waals surface area contributed by atoms with Crippen LogP contribution in [0.4, 0.5) is 5.69 Å². The highest BCUT2D eigenvalue weighted by molar-refractivity contribution is 7.87. The third-order valence-corrected chi connectivity index (χ3v) is 5.92. The topological polar surface area (TPSA) is 159 Å². The molecule has 2 atom stereocenters. The fourth-order valence-corrected chi connectivity index (χ4v) is 4.15. The van der Waals surface area contributed by atoms with Crippen molar-refractivity contribution in [1.29, 1.82) is 5.41 Å². The lowest BCUT2D eigenvalue weighted by Gasteiger charge is -2.26. The molecule has 0 amide bonds. The van der Waals surface area contributed by atoms with Gasteiger partial charge in [0.05, 0.1) is 5.69 Å². The van der Waals surface area contributed by atoms with Gasteiger partial charge in [0.1, 0.15) is 10.1 Å². The zero-order chi connectivity index (χ0) is 18.3. The van der Waals surface area contributed by atoms with Crippen LogP contribution in [-0.2, 0) is 26.7 Å². The molecule has 0 fully saturated rings. The Morgan fingerprint density at radius 2 is 1.88 bits per heavy atom. The molecule has 0 saturated heterocycles. The Morgan fingerprint density at radius 3 is 2.42 bits per heavy atom. The normalized spacial score (nSPS) is 22.3. The monoisotopic (exact) mass is 374 g/mol. The molecule has 0 aliphatic heterocycles. The van der Waals surface area contributed by atoms with Crippen LogP contribution in [0.3, 0.4) is 0 Å². The van der Waals surface area contributed by atoms with Gasteiger partial charge in [-0.05, 0) is 36.5 Å². The summed E-state index contributed by atoms with van der Waals surface area (Å²) in [5.41, 5.74) is 6.52. The summed E-state index contributed by atoms with van der Waals surface area (Å²) in [6.45, 7) is 1.81. The minimum Gasteiger partial charge on any atom is -0.398 e. The number of rotatable bonds is 4. The van der Waals surface area contributed by atoms with Crippen molar-refractivity contribution in [2.75, 3.05) is 5.73 Å². The van der Waals surface area contributed by atoms with Crippen LogP contribution >= 0.6 is 0 Å². The highest BCUT2D eigenvalue weighted by atomic mass is 32.2. The lowest BCUT2D eigenvalue weighted by Crippen LogP contribution is -2.33. The van der Waals surface area contributed by atoms with Crippen LogP contribution in [0.15, 0.2) is 34.7 Å². The van der Waals surface area contributed by atoms with E-state index in [1.807, 2.05) is 6.92 Å². The molecule has 1 aromatic rings. The van der Waals surface area contributed by atoms with Gasteiger partial charge in [0.2, 0.25) is 0 Å². The summed E-state index contributed by atoms with van der Waals surface area (Å²) in [5.74, 6) is -0.137. The van der Waals surface area contributed by atoms with E-state index in [1.54, 1.807) is 6.07 Å². The molecule has 1 aromatic carbocycles. The summed E-state index contributed by atoms with van der Waals surface area (Å²) >= 11 is 0. The molecule has 2 unspecified atom stereocenters. The Bertz CT molecular complexity index is 919. The minimum atomic E-state index is -4.47. The number of hydrogen-bond donors (Lipinski definition) is 4. The maximum atomic E-state index is 11.4. The van der Waals surface area contributed by atoms with Gasteiger partial charge >= 0.3 is 0 Å². The van der Waals surface area contributed by atoms with Gasteiger partial charge in [-0.25, -0.2) is 0 Å². The molecule has 24 heavy (non-hydrogen) atoms. The van der Waals surface area contributed by atoms with Crippen LogP contribution in [0, 0.1) is 11.3 Å². The Morgan fingerprint density at radius 1 is 1.25 bits per heavy atom. The summed E-state index contributed by atoms with van der Waals surface area (Å²) in [6, 6.07) is 4.13. The van der Waals surface area contributed by atoms with E-state index in [4.69, 9.17) is 11.1 Å². The number of benzene rings is 1. The summed E-state index contributed by atoms with van der Waals surface area (Å²) in [6.07, 6.45) is 1.70. The molecule has 0 heterocycles. The van der Waals surface area contributed by atoms with Gasteiger partial charge in [-0.3, -0.25) is 9.11 Å². The van der Waals surface area contributed by atoms with Gasteiger partial charge in [0.15, 0.2) is 0 Å². The van der Waals surface area contributed by atoms with Crippen LogP contribution in [0.1, 0.15) is 18.9 Å². The maximum absolute atomic E-state index is 11.4. The van der Waals surface area contributed by atoms with Gasteiger partial charge in [-0.2, -0.15) is 16.8 Å². The number of allylic oxidation sites excluding steroid dienone is 1. The van der Waals surface area contributed by atoms with E-state index in [0.29, 0.717) is 11.1 Å². The SMILES string of the molecule is CC1CC(=N)C(S(=O)(=O)O)C=C1Cc1ccc(N)c(S(=O)(=O)O)c1. The lowest BCUT2D eigenvalue weighted by molar-refractivity contribution is 0.479. The zero-order valence-corrected chi connectivity index (χ0v) is 14.4. The third-order valence-electron chi connectivity index (χ3n) is 3.95. The Balaban J connectivity index is 2.41. The van der Waals surface area contributed by atoms with E-state index < -0.39 is 30.4 Å². The largest absolute Gasteiger partial charge is 0.398 e. The number of anilines is 1. The van der Waals surface area contributed by atoms with Gasteiger partial charge in [0.25, 0.3) is 20.2 Å². The first-order chi connectivity index (χ1) is 10.9. The molecule has 0 saturated carbocycles. The molecular formula is C14H18N2O6S2. The first-order valence-corrected chi connectivity index (χ1v) is 9.94. The second-order valence-corrected chi connectivity index (χ2v) is 8.76. The number of nitrogens with one attached hydrogen (secondary N) is 1. The van der Waals surface area contributed by atoms with Gasteiger partial charge in [-0.1, -0.05) is 24.6 Å². The average Bonchev–Trinajstić information content (AvgIpc) is 2.41. The third kappa shape index (κ3) is 4.01. The molecule has 0 aromatic heterocycles. The molecule has 132 valence electrons. The van der Waals surface area contributed by atoms with Crippen molar-refractivity contribution in [2.24, 2.45) is 5.92 Å². The van der Waals surface area contributed by atoms with E-state index in [-0.39, 0.29) is 30.2 Å². The molecular weight excluding hydrogens is 356 g/mol.